The molecule has 0 aromatic carbocycles. The van der Waals surface area contributed by atoms with Crippen molar-refractivity contribution in [3.05, 3.63) is 12.7 Å². The minimum atomic E-state index is -5.29. The van der Waals surface area contributed by atoms with Crippen molar-refractivity contribution in [2.75, 3.05) is 25.6 Å². The molecule has 21 heteroatoms. The van der Waals surface area contributed by atoms with E-state index in [1.54, 1.807) is 11.5 Å². The standard InChI is InChI=1S/C19H31N5O13P2S/c1-19(24-8-23-12-16(20)21-7-22-17(12)24)3-2-9(35-19)5-34-39(32,40)37-38(30,31)36-18-15(29)14(28)13(27)10(6-33-18)11(26)4-25/h7-11,13-15,18,25-29H,2-6H2,1H3,(H,30,31)(H,32,40)(H2,20,21,22)/t9-,10?,11-,13?,14?,15?,18?,19+,39?/m0/s1. The first-order valence-corrected chi connectivity index (χ1v) is 16.0. The third-order valence-corrected chi connectivity index (χ3v) is 10.2. The molecule has 2 aromatic rings. The van der Waals surface area contributed by atoms with Crippen molar-refractivity contribution < 1.29 is 62.7 Å². The van der Waals surface area contributed by atoms with Crippen LogP contribution in [0.2, 0.25) is 0 Å². The number of phosphoric ester groups is 1. The lowest BCUT2D eigenvalue weighted by molar-refractivity contribution is -0.173. The average Bonchev–Trinajstić information content (AvgIpc) is 3.48. The SMILES string of the molecule is C[C@]1(n2cnc3c(N)ncnc32)CC[C@@H](COP(O)(=S)OP(=O)(O)OC2OCC([C@@H](O)CO)C(O)C(O)C2O)O1. The Morgan fingerprint density at radius 3 is 2.67 bits per heavy atom. The molecule has 4 heterocycles. The van der Waals surface area contributed by atoms with Crippen LogP contribution in [0.4, 0.5) is 5.82 Å². The molecule has 2 fully saturated rings. The Morgan fingerprint density at radius 1 is 1.25 bits per heavy atom. The molecule has 2 aliphatic rings. The number of ether oxygens (including phenoxy) is 2. The number of nitrogens with two attached hydrogens (primary N) is 1. The van der Waals surface area contributed by atoms with Gasteiger partial charge in [0.15, 0.2) is 17.8 Å². The van der Waals surface area contributed by atoms with Crippen molar-refractivity contribution >= 4 is 43.3 Å². The van der Waals surface area contributed by atoms with Crippen molar-refractivity contribution in [2.24, 2.45) is 5.92 Å². The summed E-state index contributed by atoms with van der Waals surface area (Å²) in [5.74, 6) is -1.06. The molecule has 9 N–H and O–H groups in total. The maximum absolute atomic E-state index is 12.6. The summed E-state index contributed by atoms with van der Waals surface area (Å²) in [6, 6.07) is 0. The summed E-state index contributed by atoms with van der Waals surface area (Å²) in [5.41, 5.74) is 5.77. The minimum Gasteiger partial charge on any atom is -0.394 e. The third-order valence-electron chi connectivity index (χ3n) is 6.64. The molecule has 7 unspecified atom stereocenters. The fourth-order valence-corrected chi connectivity index (χ4v) is 7.60. The molecular weight excluding hydrogens is 600 g/mol. The number of anilines is 1. The van der Waals surface area contributed by atoms with Gasteiger partial charge in [0.25, 0.3) is 0 Å². The first kappa shape index (κ1) is 31.7. The van der Waals surface area contributed by atoms with Crippen LogP contribution in [0.1, 0.15) is 19.8 Å². The van der Waals surface area contributed by atoms with Gasteiger partial charge in [-0.3, -0.25) is 9.09 Å². The maximum atomic E-state index is 12.6. The smallest absolute Gasteiger partial charge is 0.394 e. The van der Waals surface area contributed by atoms with E-state index in [0.717, 1.165) is 0 Å². The van der Waals surface area contributed by atoms with Gasteiger partial charge in [0.1, 0.15) is 29.8 Å². The Kier molecular flexibility index (Phi) is 9.63. The number of fused-ring (bicyclic) bond motifs is 1. The van der Waals surface area contributed by atoms with E-state index >= 15 is 0 Å². The van der Waals surface area contributed by atoms with Gasteiger partial charge in [0, 0.05) is 5.92 Å². The minimum absolute atomic E-state index is 0.203. The Balaban J connectivity index is 1.34. The summed E-state index contributed by atoms with van der Waals surface area (Å²) in [7, 11) is -5.29. The third kappa shape index (κ3) is 6.86. The topological polar surface area (TPSA) is 274 Å². The van der Waals surface area contributed by atoms with Crippen LogP contribution in [0.3, 0.4) is 0 Å². The van der Waals surface area contributed by atoms with Gasteiger partial charge in [0.2, 0.25) is 0 Å². The predicted molar refractivity (Wildman–Crippen MR) is 136 cm³/mol. The molecule has 226 valence electrons. The highest BCUT2D eigenvalue weighted by Gasteiger charge is 2.47. The normalized spacial score (nSPS) is 35.2. The summed E-state index contributed by atoms with van der Waals surface area (Å²) in [4.78, 5) is 32.9. The number of hydrogen-bond donors (Lipinski definition) is 8. The van der Waals surface area contributed by atoms with Gasteiger partial charge in [-0.15, -0.1) is 0 Å². The van der Waals surface area contributed by atoms with Crippen LogP contribution in [0, 0.1) is 5.92 Å². The Morgan fingerprint density at radius 2 is 1.98 bits per heavy atom. The van der Waals surface area contributed by atoms with Crippen molar-refractivity contribution in [1.29, 1.82) is 0 Å². The van der Waals surface area contributed by atoms with Gasteiger partial charge in [-0.2, -0.15) is 0 Å². The van der Waals surface area contributed by atoms with Gasteiger partial charge < -0.3 is 55.1 Å². The molecule has 10 atom stereocenters. The van der Waals surface area contributed by atoms with Gasteiger partial charge >= 0.3 is 14.5 Å². The number of nitrogen functional groups attached to an aromatic ring is 1. The van der Waals surface area contributed by atoms with Crippen LogP contribution in [0.5, 0.6) is 0 Å². The number of aliphatic hydroxyl groups is 5. The van der Waals surface area contributed by atoms with E-state index in [9.17, 15) is 34.8 Å². The quantitative estimate of drug-likeness (QED) is 0.132. The summed E-state index contributed by atoms with van der Waals surface area (Å²) in [5, 5.41) is 49.5. The second-order valence-electron chi connectivity index (χ2n) is 9.51. The first-order chi connectivity index (χ1) is 18.7. The Bertz CT molecular complexity index is 1290. The lowest BCUT2D eigenvalue weighted by atomic mass is 9.92. The molecule has 4 rings (SSSR count). The fraction of sp³-hybridized carbons (Fsp3) is 0.737. The van der Waals surface area contributed by atoms with E-state index in [4.69, 9.17) is 41.2 Å². The number of aromatic nitrogens is 4. The van der Waals surface area contributed by atoms with Crippen molar-refractivity contribution in [3.63, 3.8) is 0 Å². The summed E-state index contributed by atoms with van der Waals surface area (Å²) in [6.07, 6.45) is -6.38. The molecule has 0 amide bonds. The zero-order valence-corrected chi connectivity index (χ0v) is 23.6. The molecule has 0 saturated carbocycles. The summed E-state index contributed by atoms with van der Waals surface area (Å²) in [6.45, 7) is -4.37. The van der Waals surface area contributed by atoms with Crippen LogP contribution in [-0.4, -0.2) is 111 Å². The second kappa shape index (κ2) is 12.2. The van der Waals surface area contributed by atoms with E-state index in [1.165, 1.54) is 12.7 Å². The van der Waals surface area contributed by atoms with Crippen molar-refractivity contribution in [3.8, 4) is 0 Å². The van der Waals surface area contributed by atoms with Crippen molar-refractivity contribution in [2.45, 2.75) is 62.3 Å². The highest BCUT2D eigenvalue weighted by Crippen LogP contribution is 2.61. The van der Waals surface area contributed by atoms with Crippen LogP contribution in [-0.2, 0) is 44.9 Å². The second-order valence-corrected chi connectivity index (χ2v) is 13.9. The number of imidazole rings is 1. The zero-order valence-electron chi connectivity index (χ0n) is 21.0. The van der Waals surface area contributed by atoms with Crippen LogP contribution in [0.15, 0.2) is 12.7 Å². The van der Waals surface area contributed by atoms with Gasteiger partial charge in [-0.05, 0) is 31.6 Å². The number of aliphatic hydroxyl groups excluding tert-OH is 5. The number of phosphoric acid groups is 1. The molecule has 40 heavy (non-hydrogen) atoms. The average molecular weight is 631 g/mol. The molecule has 18 nitrogen and oxygen atoms in total. The predicted octanol–water partition coefficient (Wildman–Crippen LogP) is -1.96. The lowest BCUT2D eigenvalue weighted by Gasteiger charge is -2.28. The van der Waals surface area contributed by atoms with Gasteiger partial charge in [0.05, 0.1) is 44.5 Å². The van der Waals surface area contributed by atoms with Crippen LogP contribution < -0.4 is 5.73 Å². The number of rotatable bonds is 10. The maximum Gasteiger partial charge on any atom is 0.481 e. The van der Waals surface area contributed by atoms with Gasteiger partial charge in [-0.1, -0.05) is 0 Å². The monoisotopic (exact) mass is 631 g/mol. The zero-order chi connectivity index (χ0) is 29.5. The molecular formula is C19H31N5O13P2S. The van der Waals surface area contributed by atoms with E-state index < -0.39 is 76.2 Å². The fourth-order valence-electron chi connectivity index (χ4n) is 4.47. The lowest BCUT2D eigenvalue weighted by Crippen LogP contribution is -2.47. The Hall–Kier alpha value is -1.25. The molecule has 2 aromatic heterocycles. The Labute approximate surface area is 232 Å². The number of nitrogens with zero attached hydrogens (tertiary/aromatic N) is 4. The summed E-state index contributed by atoms with van der Waals surface area (Å²) < 4.78 is 40.0. The highest BCUT2D eigenvalue weighted by molar-refractivity contribution is 8.08. The molecule has 2 saturated heterocycles. The molecule has 0 aliphatic carbocycles. The van der Waals surface area contributed by atoms with Crippen LogP contribution >= 0.6 is 14.5 Å². The van der Waals surface area contributed by atoms with Crippen molar-refractivity contribution in [1.82, 2.24) is 19.5 Å². The molecule has 0 radical (unpaired) electrons. The summed E-state index contributed by atoms with van der Waals surface area (Å²) >= 11 is 4.83. The number of hydrogen-bond acceptors (Lipinski definition) is 16. The van der Waals surface area contributed by atoms with E-state index in [1.807, 2.05) is 0 Å². The van der Waals surface area contributed by atoms with Crippen LogP contribution in [0.25, 0.3) is 11.2 Å². The molecule has 0 spiro atoms. The molecule has 2 aliphatic heterocycles. The van der Waals surface area contributed by atoms with E-state index in [0.29, 0.717) is 24.0 Å². The van der Waals surface area contributed by atoms with E-state index in [2.05, 4.69) is 19.3 Å². The van der Waals surface area contributed by atoms with Gasteiger partial charge in [-0.25, -0.2) is 23.8 Å². The molecule has 0 bridgehead atoms. The largest absolute Gasteiger partial charge is 0.481 e. The first-order valence-electron chi connectivity index (χ1n) is 11.9. The highest BCUT2D eigenvalue weighted by atomic mass is 32.5. The van der Waals surface area contributed by atoms with E-state index in [-0.39, 0.29) is 12.4 Å².